The van der Waals surface area contributed by atoms with E-state index in [4.69, 9.17) is 29.0 Å². The van der Waals surface area contributed by atoms with E-state index < -0.39 is 6.04 Å². The van der Waals surface area contributed by atoms with E-state index in [1.54, 1.807) is 51.3 Å². The van der Waals surface area contributed by atoms with E-state index in [2.05, 4.69) is 10.6 Å². The minimum Gasteiger partial charge on any atom is -0.497 e. The summed E-state index contributed by atoms with van der Waals surface area (Å²) in [4.78, 5) is 18.6. The van der Waals surface area contributed by atoms with Crippen LogP contribution in [-0.2, 0) is 4.79 Å². The van der Waals surface area contributed by atoms with E-state index in [0.717, 1.165) is 11.1 Å². The fraction of sp³-hybridized carbons (Fsp3) is 0.207. The quantitative estimate of drug-likeness (QED) is 0.333. The van der Waals surface area contributed by atoms with E-state index in [1.165, 1.54) is 0 Å². The molecule has 39 heavy (non-hydrogen) atoms. The predicted octanol–water partition coefficient (Wildman–Crippen LogP) is 4.91. The summed E-state index contributed by atoms with van der Waals surface area (Å²) in [5, 5.41) is 11.1. The topological polar surface area (TPSA) is 109 Å². The third kappa shape index (κ3) is 4.84. The van der Waals surface area contributed by atoms with Crippen LogP contribution in [0, 0.1) is 0 Å². The molecule has 200 valence electrons. The number of para-hydroxylation sites is 2. The molecule has 1 unspecified atom stereocenters. The molecule has 10 nitrogen and oxygen atoms in total. The van der Waals surface area contributed by atoms with E-state index >= 15 is 0 Å². The highest BCUT2D eigenvalue weighted by atomic mass is 16.5. The summed E-state index contributed by atoms with van der Waals surface area (Å²) in [5.41, 5.74) is 3.20. The number of ether oxygens (including phenoxy) is 4. The molecule has 0 saturated carbocycles. The fourth-order valence-electron chi connectivity index (χ4n) is 4.60. The Labute approximate surface area is 226 Å². The molecule has 0 bridgehead atoms. The Kier molecular flexibility index (Phi) is 7.09. The Bertz CT molecular complexity index is 1560. The Morgan fingerprint density at radius 3 is 2.38 bits per heavy atom. The average molecular weight is 528 g/mol. The molecule has 0 fully saturated rings. The molecule has 1 atom stereocenters. The molecule has 2 heterocycles. The Balaban J connectivity index is 1.63. The molecular formula is C29H29N5O5. The SMILES string of the molecule is COc1cccc(-c2nc3n(n2)C(c2ccc(OC)c(OC)c2)C(C(=O)Nc2ccccc2OC)=C(C)N3)c1. The zero-order chi connectivity index (χ0) is 27.5. The number of nitrogens with one attached hydrogen (secondary N) is 2. The number of methoxy groups -OCH3 is 4. The summed E-state index contributed by atoms with van der Waals surface area (Å²) in [6.45, 7) is 1.84. The first-order valence-electron chi connectivity index (χ1n) is 12.2. The third-order valence-electron chi connectivity index (χ3n) is 6.50. The molecular weight excluding hydrogens is 498 g/mol. The molecule has 1 aliphatic heterocycles. The van der Waals surface area contributed by atoms with Crippen molar-refractivity contribution in [1.29, 1.82) is 0 Å². The summed E-state index contributed by atoms with van der Waals surface area (Å²) in [5.74, 6) is 3.03. The van der Waals surface area contributed by atoms with Crippen LogP contribution in [0.2, 0.25) is 0 Å². The van der Waals surface area contributed by atoms with Gasteiger partial charge in [-0.2, -0.15) is 4.98 Å². The van der Waals surface area contributed by atoms with E-state index in [-0.39, 0.29) is 5.91 Å². The predicted molar refractivity (Wildman–Crippen MR) is 148 cm³/mol. The van der Waals surface area contributed by atoms with Crippen LogP contribution in [-0.4, -0.2) is 49.1 Å². The lowest BCUT2D eigenvalue weighted by atomic mass is 9.94. The first-order chi connectivity index (χ1) is 19.0. The van der Waals surface area contributed by atoms with Gasteiger partial charge in [0.05, 0.1) is 39.7 Å². The number of aromatic nitrogens is 3. The molecule has 1 amide bonds. The highest BCUT2D eigenvalue weighted by Gasteiger charge is 2.35. The van der Waals surface area contributed by atoms with Crippen molar-refractivity contribution in [2.75, 3.05) is 39.1 Å². The summed E-state index contributed by atoms with van der Waals surface area (Å²) >= 11 is 0. The minimum atomic E-state index is -0.623. The summed E-state index contributed by atoms with van der Waals surface area (Å²) in [7, 11) is 6.32. The number of allylic oxidation sites excluding steroid dienone is 1. The van der Waals surface area contributed by atoms with Gasteiger partial charge in [0, 0.05) is 11.3 Å². The van der Waals surface area contributed by atoms with Gasteiger partial charge in [0.25, 0.3) is 5.91 Å². The number of amides is 1. The van der Waals surface area contributed by atoms with Crippen molar-refractivity contribution < 1.29 is 23.7 Å². The fourth-order valence-corrected chi connectivity index (χ4v) is 4.60. The molecule has 4 aromatic rings. The molecule has 3 aromatic carbocycles. The number of carbonyl (C=O) groups is 1. The van der Waals surface area contributed by atoms with Gasteiger partial charge in [0.15, 0.2) is 17.3 Å². The van der Waals surface area contributed by atoms with Crippen molar-refractivity contribution in [3.8, 4) is 34.4 Å². The van der Waals surface area contributed by atoms with Crippen LogP contribution in [0.3, 0.4) is 0 Å². The van der Waals surface area contributed by atoms with Crippen molar-refractivity contribution >= 4 is 17.5 Å². The normalized spacial score (nSPS) is 14.2. The van der Waals surface area contributed by atoms with Crippen LogP contribution in [0.4, 0.5) is 11.6 Å². The van der Waals surface area contributed by atoms with Crippen molar-refractivity contribution in [2.24, 2.45) is 0 Å². The first-order valence-corrected chi connectivity index (χ1v) is 12.2. The maximum absolute atomic E-state index is 13.9. The summed E-state index contributed by atoms with van der Waals surface area (Å²) in [6.07, 6.45) is 0. The largest absolute Gasteiger partial charge is 0.497 e. The second kappa shape index (κ2) is 10.8. The lowest BCUT2D eigenvalue weighted by Gasteiger charge is -2.29. The summed E-state index contributed by atoms with van der Waals surface area (Å²) < 4.78 is 23.5. The minimum absolute atomic E-state index is 0.312. The van der Waals surface area contributed by atoms with Crippen molar-refractivity contribution in [2.45, 2.75) is 13.0 Å². The Morgan fingerprint density at radius 2 is 1.64 bits per heavy atom. The number of hydrogen-bond acceptors (Lipinski definition) is 8. The number of carbonyl (C=O) groups excluding carboxylic acids is 1. The van der Waals surface area contributed by atoms with E-state index in [0.29, 0.717) is 51.7 Å². The van der Waals surface area contributed by atoms with Crippen molar-refractivity contribution in [1.82, 2.24) is 14.8 Å². The van der Waals surface area contributed by atoms with Gasteiger partial charge < -0.3 is 29.6 Å². The van der Waals surface area contributed by atoms with Crippen molar-refractivity contribution in [3.63, 3.8) is 0 Å². The Morgan fingerprint density at radius 1 is 0.872 bits per heavy atom. The van der Waals surface area contributed by atoms with Crippen LogP contribution in [0.1, 0.15) is 18.5 Å². The summed E-state index contributed by atoms with van der Waals surface area (Å²) in [6, 6.07) is 19.7. The molecule has 0 spiro atoms. The molecule has 5 rings (SSSR count). The molecule has 1 aromatic heterocycles. The van der Waals surface area contributed by atoms with Crippen LogP contribution < -0.4 is 29.6 Å². The van der Waals surface area contributed by atoms with Crippen LogP contribution in [0.25, 0.3) is 11.4 Å². The van der Waals surface area contributed by atoms with Crippen molar-refractivity contribution in [3.05, 3.63) is 83.6 Å². The van der Waals surface area contributed by atoms with Crippen LogP contribution >= 0.6 is 0 Å². The van der Waals surface area contributed by atoms with Gasteiger partial charge in [-0.1, -0.05) is 30.3 Å². The average Bonchev–Trinajstić information content (AvgIpc) is 3.40. The number of rotatable bonds is 8. The van der Waals surface area contributed by atoms with Crippen LogP contribution in [0.5, 0.6) is 23.0 Å². The molecule has 0 saturated heterocycles. The standard InChI is InChI=1S/C29H29N5O5/c1-17-25(28(35)31-21-11-6-7-12-22(21)37-3)26(18-13-14-23(38-4)24(16-18)39-5)34-29(30-17)32-27(33-34)19-9-8-10-20(15-19)36-2/h6-16,26H,1-5H3,(H,31,35)(H,30,32,33). The third-order valence-corrected chi connectivity index (χ3v) is 6.50. The highest BCUT2D eigenvalue weighted by Crippen LogP contribution is 2.40. The van der Waals surface area contributed by atoms with Gasteiger partial charge in [-0.25, -0.2) is 4.68 Å². The number of benzene rings is 3. The van der Waals surface area contributed by atoms with Crippen LogP contribution in [0.15, 0.2) is 78.0 Å². The van der Waals surface area contributed by atoms with Gasteiger partial charge in [-0.3, -0.25) is 4.79 Å². The second-order valence-electron chi connectivity index (χ2n) is 8.77. The lowest BCUT2D eigenvalue weighted by Crippen LogP contribution is -2.31. The van der Waals surface area contributed by atoms with E-state index in [9.17, 15) is 4.79 Å². The number of fused-ring (bicyclic) bond motifs is 1. The molecule has 10 heteroatoms. The lowest BCUT2D eigenvalue weighted by molar-refractivity contribution is -0.113. The number of anilines is 2. The van der Waals surface area contributed by atoms with Gasteiger partial charge in [-0.05, 0) is 48.9 Å². The van der Waals surface area contributed by atoms with Gasteiger partial charge in [0.2, 0.25) is 5.95 Å². The molecule has 1 aliphatic rings. The zero-order valence-corrected chi connectivity index (χ0v) is 22.3. The van der Waals surface area contributed by atoms with Gasteiger partial charge >= 0.3 is 0 Å². The first kappa shape index (κ1) is 25.7. The zero-order valence-electron chi connectivity index (χ0n) is 22.3. The maximum Gasteiger partial charge on any atom is 0.255 e. The molecule has 2 N–H and O–H groups in total. The monoisotopic (exact) mass is 527 g/mol. The number of nitrogens with zero attached hydrogens (tertiary/aromatic N) is 3. The smallest absolute Gasteiger partial charge is 0.255 e. The second-order valence-corrected chi connectivity index (χ2v) is 8.77. The highest BCUT2D eigenvalue weighted by molar-refractivity contribution is 6.06. The van der Waals surface area contributed by atoms with Gasteiger partial charge in [0.1, 0.15) is 17.5 Å². The number of hydrogen-bond donors (Lipinski definition) is 2. The molecule has 0 radical (unpaired) electrons. The van der Waals surface area contributed by atoms with Gasteiger partial charge in [-0.15, -0.1) is 5.10 Å². The van der Waals surface area contributed by atoms with E-state index in [1.807, 2.05) is 55.5 Å². The molecule has 0 aliphatic carbocycles. The Hall–Kier alpha value is -4.99. The maximum atomic E-state index is 13.9.